The van der Waals surface area contributed by atoms with Gasteiger partial charge in [0.15, 0.2) is 5.82 Å². The summed E-state index contributed by atoms with van der Waals surface area (Å²) >= 11 is 0. The van der Waals surface area contributed by atoms with Crippen molar-refractivity contribution in [2.45, 2.75) is 70.9 Å². The Morgan fingerprint density at radius 2 is 1.86 bits per heavy atom. The molecule has 1 aromatic heterocycles. The lowest BCUT2D eigenvalue weighted by molar-refractivity contribution is 0.0185. The van der Waals surface area contributed by atoms with Gasteiger partial charge in [0, 0.05) is 18.7 Å². The van der Waals surface area contributed by atoms with Crippen molar-refractivity contribution in [3.05, 3.63) is 35.4 Å². The van der Waals surface area contributed by atoms with Gasteiger partial charge in [-0.3, -0.25) is 0 Å². The van der Waals surface area contributed by atoms with E-state index in [2.05, 4.69) is 10.1 Å². The number of hydrogen-bond donors (Lipinski definition) is 0. The Kier molecular flexibility index (Phi) is 5.09. The highest BCUT2D eigenvalue weighted by molar-refractivity contribution is 5.68. The molecule has 2 fully saturated rings. The average Bonchev–Trinajstić information content (AvgIpc) is 3.42. The first-order chi connectivity index (χ1) is 13.7. The Hall–Kier alpha value is -2.44. The van der Waals surface area contributed by atoms with Gasteiger partial charge < -0.3 is 9.64 Å². The second-order valence-corrected chi connectivity index (χ2v) is 9.13. The highest BCUT2D eigenvalue weighted by atomic mass is 19.1. The van der Waals surface area contributed by atoms with Crippen molar-refractivity contribution in [2.75, 3.05) is 13.1 Å². The van der Waals surface area contributed by atoms with E-state index in [0.717, 1.165) is 42.6 Å². The van der Waals surface area contributed by atoms with Crippen LogP contribution in [0.1, 0.15) is 69.8 Å². The Balaban J connectivity index is 1.54. The fourth-order valence-corrected chi connectivity index (χ4v) is 3.96. The predicted molar refractivity (Wildman–Crippen MR) is 108 cm³/mol. The Labute approximate surface area is 171 Å². The number of amides is 1. The van der Waals surface area contributed by atoms with E-state index in [4.69, 9.17) is 4.74 Å². The van der Waals surface area contributed by atoms with Crippen LogP contribution in [-0.2, 0) is 4.74 Å². The number of hydrogen-bond acceptors (Lipinski definition) is 4. The van der Waals surface area contributed by atoms with E-state index >= 15 is 0 Å². The molecule has 1 aliphatic carbocycles. The second-order valence-electron chi connectivity index (χ2n) is 9.13. The van der Waals surface area contributed by atoms with Crippen LogP contribution in [0.15, 0.2) is 18.2 Å². The van der Waals surface area contributed by atoms with Gasteiger partial charge in [-0.15, -0.1) is 0 Å². The number of ether oxygens (including phenoxy) is 1. The SMILES string of the molecule is Cc1nc(-c2ccc(F)cc2C2CC2)n(C2CCN(C(=O)OC(C)(C)C)CC2)n1. The molecule has 29 heavy (non-hydrogen) atoms. The van der Waals surface area contributed by atoms with Gasteiger partial charge in [-0.2, -0.15) is 5.10 Å². The lowest BCUT2D eigenvalue weighted by Gasteiger charge is -2.33. The summed E-state index contributed by atoms with van der Waals surface area (Å²) < 4.78 is 21.3. The van der Waals surface area contributed by atoms with Gasteiger partial charge in [0.05, 0.1) is 6.04 Å². The lowest BCUT2D eigenvalue weighted by atomic mass is 10.0. The number of aryl methyl sites for hydroxylation is 1. The number of carbonyl (C=O) groups is 1. The van der Waals surface area contributed by atoms with Crippen molar-refractivity contribution >= 4 is 6.09 Å². The van der Waals surface area contributed by atoms with Gasteiger partial charge >= 0.3 is 6.09 Å². The fourth-order valence-electron chi connectivity index (χ4n) is 3.96. The van der Waals surface area contributed by atoms with Crippen LogP contribution in [0.5, 0.6) is 0 Å². The molecule has 2 heterocycles. The largest absolute Gasteiger partial charge is 0.444 e. The van der Waals surface area contributed by atoms with Crippen LogP contribution in [0.25, 0.3) is 11.4 Å². The van der Waals surface area contributed by atoms with Crippen LogP contribution in [0.4, 0.5) is 9.18 Å². The third-order valence-electron chi connectivity index (χ3n) is 5.47. The first-order valence-corrected chi connectivity index (χ1v) is 10.4. The lowest BCUT2D eigenvalue weighted by Crippen LogP contribution is -2.42. The summed E-state index contributed by atoms with van der Waals surface area (Å²) in [5, 5.41) is 4.66. The summed E-state index contributed by atoms with van der Waals surface area (Å²) in [6.07, 6.45) is 3.50. The molecule has 0 N–H and O–H groups in total. The van der Waals surface area contributed by atoms with E-state index in [0.29, 0.717) is 24.8 Å². The summed E-state index contributed by atoms with van der Waals surface area (Å²) in [4.78, 5) is 18.8. The van der Waals surface area contributed by atoms with Crippen LogP contribution in [0, 0.1) is 12.7 Å². The number of halogens is 1. The highest BCUT2D eigenvalue weighted by Gasteiger charge is 2.32. The van der Waals surface area contributed by atoms with Crippen LogP contribution >= 0.6 is 0 Å². The van der Waals surface area contributed by atoms with E-state index in [1.54, 1.807) is 11.0 Å². The van der Waals surface area contributed by atoms with E-state index in [1.165, 1.54) is 6.07 Å². The molecule has 4 rings (SSSR count). The van der Waals surface area contributed by atoms with Crippen molar-refractivity contribution in [1.29, 1.82) is 0 Å². The van der Waals surface area contributed by atoms with Crippen molar-refractivity contribution < 1.29 is 13.9 Å². The average molecular weight is 400 g/mol. The van der Waals surface area contributed by atoms with E-state index in [1.807, 2.05) is 38.4 Å². The summed E-state index contributed by atoms with van der Waals surface area (Å²) in [6.45, 7) is 8.76. The zero-order valence-electron chi connectivity index (χ0n) is 17.6. The monoisotopic (exact) mass is 400 g/mol. The zero-order chi connectivity index (χ0) is 20.8. The normalized spacial score (nSPS) is 18.2. The van der Waals surface area contributed by atoms with Gasteiger partial charge in [0.1, 0.15) is 17.2 Å². The smallest absolute Gasteiger partial charge is 0.410 e. The van der Waals surface area contributed by atoms with Crippen LogP contribution in [0.2, 0.25) is 0 Å². The summed E-state index contributed by atoms with van der Waals surface area (Å²) in [5.74, 6) is 1.73. The first-order valence-electron chi connectivity index (χ1n) is 10.4. The molecule has 1 saturated carbocycles. The maximum atomic E-state index is 13.9. The van der Waals surface area contributed by atoms with Gasteiger partial charge in [-0.25, -0.2) is 18.9 Å². The molecule has 0 spiro atoms. The molecule has 0 radical (unpaired) electrons. The number of likely N-dealkylation sites (tertiary alicyclic amines) is 1. The summed E-state index contributed by atoms with van der Waals surface area (Å²) in [5.41, 5.74) is 1.51. The summed E-state index contributed by atoms with van der Waals surface area (Å²) in [7, 11) is 0. The van der Waals surface area contributed by atoms with E-state index < -0.39 is 5.60 Å². The fraction of sp³-hybridized carbons (Fsp3) is 0.591. The number of piperidine rings is 1. The van der Waals surface area contributed by atoms with Gasteiger partial charge in [-0.1, -0.05) is 0 Å². The number of carbonyl (C=O) groups excluding carboxylic acids is 1. The van der Waals surface area contributed by atoms with E-state index in [9.17, 15) is 9.18 Å². The standard InChI is InChI=1S/C22H29FN4O2/c1-14-24-20(18-8-7-16(23)13-19(18)15-5-6-15)27(25-14)17-9-11-26(12-10-17)21(28)29-22(2,3)4/h7-8,13,15,17H,5-6,9-12H2,1-4H3. The number of benzene rings is 1. The molecule has 156 valence electrons. The van der Waals surface area contributed by atoms with Crippen molar-refractivity contribution in [3.63, 3.8) is 0 Å². The topological polar surface area (TPSA) is 60.2 Å². The van der Waals surface area contributed by atoms with Gasteiger partial charge in [-0.05, 0) is 83.1 Å². The number of aromatic nitrogens is 3. The molecule has 7 heteroatoms. The molecule has 2 aromatic rings. The molecule has 0 unspecified atom stereocenters. The Morgan fingerprint density at radius 1 is 1.17 bits per heavy atom. The molecule has 1 saturated heterocycles. The van der Waals surface area contributed by atoms with Crippen LogP contribution in [0.3, 0.4) is 0 Å². The maximum absolute atomic E-state index is 13.9. The first kappa shape index (κ1) is 19.9. The van der Waals surface area contributed by atoms with Gasteiger partial charge in [0.2, 0.25) is 0 Å². The Morgan fingerprint density at radius 3 is 2.48 bits per heavy atom. The maximum Gasteiger partial charge on any atom is 0.410 e. The van der Waals surface area contributed by atoms with Crippen molar-refractivity contribution in [2.24, 2.45) is 0 Å². The van der Waals surface area contributed by atoms with Gasteiger partial charge in [0.25, 0.3) is 0 Å². The highest BCUT2D eigenvalue weighted by Crippen LogP contribution is 2.44. The summed E-state index contributed by atoms with van der Waals surface area (Å²) in [6, 6.07) is 5.13. The molecular formula is C22H29FN4O2. The van der Waals surface area contributed by atoms with E-state index in [-0.39, 0.29) is 18.0 Å². The minimum Gasteiger partial charge on any atom is -0.444 e. The second kappa shape index (κ2) is 7.43. The minimum absolute atomic E-state index is 0.155. The molecule has 0 atom stereocenters. The molecule has 1 aliphatic heterocycles. The quantitative estimate of drug-likeness (QED) is 0.740. The zero-order valence-corrected chi connectivity index (χ0v) is 17.6. The molecule has 1 aromatic carbocycles. The van der Waals surface area contributed by atoms with Crippen LogP contribution in [-0.4, -0.2) is 44.4 Å². The molecule has 0 bridgehead atoms. The van der Waals surface area contributed by atoms with Crippen molar-refractivity contribution in [3.8, 4) is 11.4 Å². The third-order valence-corrected chi connectivity index (χ3v) is 5.47. The van der Waals surface area contributed by atoms with Crippen LogP contribution < -0.4 is 0 Å². The Bertz CT molecular complexity index is 906. The predicted octanol–water partition coefficient (Wildman–Crippen LogP) is 4.84. The number of rotatable bonds is 3. The van der Waals surface area contributed by atoms with Crippen molar-refractivity contribution in [1.82, 2.24) is 19.7 Å². The molecule has 2 aliphatic rings. The number of nitrogens with zero attached hydrogens (tertiary/aromatic N) is 4. The molecular weight excluding hydrogens is 371 g/mol. The third kappa shape index (κ3) is 4.43. The minimum atomic E-state index is -0.494. The molecule has 6 nitrogen and oxygen atoms in total. The molecule has 1 amide bonds.